The molecule has 0 unspecified atom stereocenters. The zero-order valence-electron chi connectivity index (χ0n) is 9.01. The van der Waals surface area contributed by atoms with Gasteiger partial charge in [0.25, 0.3) is 0 Å². The zero-order chi connectivity index (χ0) is 10.8. The lowest BCUT2D eigenvalue weighted by Crippen LogP contribution is -2.04. The average Bonchev–Trinajstić information content (AvgIpc) is 2.75. The molecular formula is C10H15N5. The quantitative estimate of drug-likeness (QED) is 0.790. The Hall–Kier alpha value is -1.62. The van der Waals surface area contributed by atoms with E-state index in [9.17, 15) is 0 Å². The number of imidazole rings is 1. The number of nitrogens with two attached hydrogens (primary N) is 1. The summed E-state index contributed by atoms with van der Waals surface area (Å²) in [4.78, 5) is 4.18. The van der Waals surface area contributed by atoms with Crippen molar-refractivity contribution in [3.63, 3.8) is 0 Å². The van der Waals surface area contributed by atoms with E-state index in [1.54, 1.807) is 6.33 Å². The van der Waals surface area contributed by atoms with Gasteiger partial charge in [-0.15, -0.1) is 0 Å². The number of hydrogen-bond donors (Lipinski definition) is 1. The van der Waals surface area contributed by atoms with Gasteiger partial charge in [0.2, 0.25) is 0 Å². The summed E-state index contributed by atoms with van der Waals surface area (Å²) in [5, 5.41) is 4.29. The molecule has 0 amide bonds. The van der Waals surface area contributed by atoms with Crippen molar-refractivity contribution < 1.29 is 0 Å². The maximum absolute atomic E-state index is 5.50. The van der Waals surface area contributed by atoms with Crippen LogP contribution in [0.3, 0.4) is 0 Å². The Balaban J connectivity index is 2.17. The van der Waals surface area contributed by atoms with Crippen LogP contribution in [0.5, 0.6) is 0 Å². The van der Waals surface area contributed by atoms with Crippen molar-refractivity contribution in [3.8, 4) is 0 Å². The Morgan fingerprint density at radius 2 is 2.27 bits per heavy atom. The predicted molar refractivity (Wildman–Crippen MR) is 57.2 cm³/mol. The van der Waals surface area contributed by atoms with Gasteiger partial charge in [-0.2, -0.15) is 5.10 Å². The molecule has 0 aliphatic carbocycles. The maximum atomic E-state index is 5.50. The van der Waals surface area contributed by atoms with Crippen molar-refractivity contribution >= 4 is 0 Å². The maximum Gasteiger partial charge on any atom is 0.0953 e. The first-order valence-electron chi connectivity index (χ1n) is 4.89. The number of nitrogens with zero attached hydrogens (tertiary/aromatic N) is 4. The third-order valence-corrected chi connectivity index (χ3v) is 2.34. The molecule has 15 heavy (non-hydrogen) atoms. The van der Waals surface area contributed by atoms with Crippen LogP contribution in [0.2, 0.25) is 0 Å². The fourth-order valence-electron chi connectivity index (χ4n) is 1.60. The lowest BCUT2D eigenvalue weighted by atomic mass is 10.3. The summed E-state index contributed by atoms with van der Waals surface area (Å²) >= 11 is 0. The number of aryl methyl sites for hydroxylation is 2. The average molecular weight is 205 g/mol. The Morgan fingerprint density at radius 1 is 1.47 bits per heavy atom. The molecule has 5 heteroatoms. The van der Waals surface area contributed by atoms with Gasteiger partial charge in [0, 0.05) is 19.8 Å². The third kappa shape index (κ3) is 2.07. The fraction of sp³-hybridized carbons (Fsp3) is 0.400. The van der Waals surface area contributed by atoms with E-state index in [4.69, 9.17) is 5.73 Å². The van der Waals surface area contributed by atoms with E-state index in [-0.39, 0.29) is 0 Å². The molecular weight excluding hydrogens is 190 g/mol. The topological polar surface area (TPSA) is 61.7 Å². The van der Waals surface area contributed by atoms with Crippen LogP contribution in [0, 0.1) is 6.92 Å². The number of rotatable bonds is 3. The van der Waals surface area contributed by atoms with Crippen LogP contribution in [-0.4, -0.2) is 19.3 Å². The Morgan fingerprint density at radius 3 is 2.80 bits per heavy atom. The summed E-state index contributed by atoms with van der Waals surface area (Å²) in [6.45, 7) is 3.25. The van der Waals surface area contributed by atoms with Crippen LogP contribution < -0.4 is 5.73 Å². The molecule has 2 aromatic heterocycles. The summed E-state index contributed by atoms with van der Waals surface area (Å²) in [5.41, 5.74) is 8.60. The van der Waals surface area contributed by atoms with Crippen LogP contribution in [0.1, 0.15) is 17.1 Å². The first kappa shape index (κ1) is 9.92. The van der Waals surface area contributed by atoms with Gasteiger partial charge in [0.15, 0.2) is 0 Å². The summed E-state index contributed by atoms with van der Waals surface area (Å²) in [6, 6.07) is 2.07. The molecule has 0 bridgehead atoms. The minimum absolute atomic E-state index is 0.484. The van der Waals surface area contributed by atoms with E-state index in [1.807, 2.05) is 29.4 Å². The molecule has 5 nitrogen and oxygen atoms in total. The van der Waals surface area contributed by atoms with Crippen molar-refractivity contribution in [2.45, 2.75) is 20.0 Å². The second-order valence-electron chi connectivity index (χ2n) is 3.64. The van der Waals surface area contributed by atoms with E-state index >= 15 is 0 Å². The Bertz CT molecular complexity index is 454. The molecule has 2 N–H and O–H groups in total. The summed E-state index contributed by atoms with van der Waals surface area (Å²) in [6.07, 6.45) is 3.76. The van der Waals surface area contributed by atoms with E-state index in [1.165, 1.54) is 0 Å². The van der Waals surface area contributed by atoms with E-state index in [2.05, 4.69) is 16.1 Å². The van der Waals surface area contributed by atoms with Crippen LogP contribution in [0.25, 0.3) is 0 Å². The van der Waals surface area contributed by atoms with E-state index < -0.39 is 0 Å². The van der Waals surface area contributed by atoms with Crippen molar-refractivity contribution in [2.75, 3.05) is 0 Å². The highest BCUT2D eigenvalue weighted by Gasteiger charge is 2.03. The van der Waals surface area contributed by atoms with Crippen LogP contribution in [-0.2, 0) is 20.1 Å². The van der Waals surface area contributed by atoms with Crippen LogP contribution >= 0.6 is 0 Å². The lowest BCUT2D eigenvalue weighted by molar-refractivity contribution is 0.662. The molecule has 2 heterocycles. The molecule has 0 aromatic carbocycles. The number of aromatic nitrogens is 4. The second-order valence-corrected chi connectivity index (χ2v) is 3.64. The van der Waals surface area contributed by atoms with E-state index in [0.29, 0.717) is 6.54 Å². The largest absolute Gasteiger partial charge is 0.331 e. The summed E-state index contributed by atoms with van der Waals surface area (Å²) < 4.78 is 3.90. The Labute approximate surface area is 88.5 Å². The van der Waals surface area contributed by atoms with Crippen LogP contribution in [0.4, 0.5) is 0 Å². The van der Waals surface area contributed by atoms with Crippen LogP contribution in [0.15, 0.2) is 18.6 Å². The van der Waals surface area contributed by atoms with Gasteiger partial charge >= 0.3 is 0 Å². The summed E-state index contributed by atoms with van der Waals surface area (Å²) in [7, 11) is 1.95. The fourth-order valence-corrected chi connectivity index (χ4v) is 1.60. The van der Waals surface area contributed by atoms with Crippen molar-refractivity contribution in [3.05, 3.63) is 35.7 Å². The zero-order valence-corrected chi connectivity index (χ0v) is 9.01. The highest BCUT2D eigenvalue weighted by atomic mass is 15.3. The highest BCUT2D eigenvalue weighted by molar-refractivity contribution is 5.10. The van der Waals surface area contributed by atoms with Crippen molar-refractivity contribution in [1.29, 1.82) is 0 Å². The van der Waals surface area contributed by atoms with Gasteiger partial charge in [-0.05, 0) is 13.0 Å². The Kier molecular flexibility index (Phi) is 2.55. The summed E-state index contributed by atoms with van der Waals surface area (Å²) in [5.74, 6) is 0. The molecule has 0 aliphatic heterocycles. The number of hydrogen-bond acceptors (Lipinski definition) is 3. The smallest absolute Gasteiger partial charge is 0.0953 e. The molecule has 0 saturated carbocycles. The first-order valence-corrected chi connectivity index (χ1v) is 4.89. The SMILES string of the molecule is Cc1cc(Cn2cnc(CN)c2)n(C)n1. The normalized spacial score (nSPS) is 10.9. The van der Waals surface area contributed by atoms with Gasteiger partial charge in [0.1, 0.15) is 0 Å². The minimum Gasteiger partial charge on any atom is -0.331 e. The standard InChI is InChI=1S/C10H15N5/c1-8-3-10(14(2)13-8)6-15-5-9(4-11)12-7-15/h3,5,7H,4,6,11H2,1-2H3. The van der Waals surface area contributed by atoms with Gasteiger partial charge in [-0.1, -0.05) is 0 Å². The van der Waals surface area contributed by atoms with Gasteiger partial charge in [0.05, 0.1) is 30.0 Å². The van der Waals surface area contributed by atoms with E-state index in [0.717, 1.165) is 23.6 Å². The third-order valence-electron chi connectivity index (χ3n) is 2.34. The molecule has 80 valence electrons. The highest BCUT2D eigenvalue weighted by Crippen LogP contribution is 2.05. The first-order chi connectivity index (χ1) is 7.19. The van der Waals surface area contributed by atoms with Gasteiger partial charge in [-0.25, -0.2) is 4.98 Å². The van der Waals surface area contributed by atoms with Crippen molar-refractivity contribution in [2.24, 2.45) is 12.8 Å². The molecule has 0 saturated heterocycles. The molecule has 0 aliphatic rings. The minimum atomic E-state index is 0.484. The molecule has 0 fully saturated rings. The second kappa shape index (κ2) is 3.86. The lowest BCUT2D eigenvalue weighted by Gasteiger charge is -2.01. The molecule has 0 spiro atoms. The van der Waals surface area contributed by atoms with Crippen molar-refractivity contribution in [1.82, 2.24) is 19.3 Å². The van der Waals surface area contributed by atoms with Gasteiger partial charge < -0.3 is 10.3 Å². The monoisotopic (exact) mass is 205 g/mol. The van der Waals surface area contributed by atoms with Gasteiger partial charge in [-0.3, -0.25) is 4.68 Å². The molecule has 0 radical (unpaired) electrons. The molecule has 2 rings (SSSR count). The molecule has 2 aromatic rings. The predicted octanol–water partition coefficient (Wildman–Crippen LogP) is 0.432. The molecule has 0 atom stereocenters.